The minimum atomic E-state index is -0.892. The van der Waals surface area contributed by atoms with Crippen LogP contribution in [0.15, 0.2) is 24.4 Å². The third-order valence-corrected chi connectivity index (χ3v) is 6.23. The maximum Gasteiger partial charge on any atom is 0.251 e. The average Bonchev–Trinajstić information content (AvgIpc) is 2.69. The molecule has 0 aromatic carbocycles. The molecule has 1 aromatic rings. The first-order chi connectivity index (χ1) is 13.4. The topological polar surface area (TPSA) is 73.7 Å². The fourth-order valence-corrected chi connectivity index (χ4v) is 4.47. The lowest BCUT2D eigenvalue weighted by Crippen LogP contribution is -2.53. The van der Waals surface area contributed by atoms with Crippen LogP contribution in [0.3, 0.4) is 0 Å². The first-order valence-electron chi connectivity index (χ1n) is 10.5. The molecule has 1 aromatic heterocycles. The maximum absolute atomic E-state index is 12.5. The third-order valence-electron chi connectivity index (χ3n) is 6.23. The highest BCUT2D eigenvalue weighted by Gasteiger charge is 2.42. The van der Waals surface area contributed by atoms with Gasteiger partial charge in [0, 0.05) is 50.9 Å². The first-order valence-corrected chi connectivity index (χ1v) is 10.5. The van der Waals surface area contributed by atoms with E-state index in [1.807, 2.05) is 41.8 Å². The van der Waals surface area contributed by atoms with Gasteiger partial charge in [0.05, 0.1) is 0 Å². The van der Waals surface area contributed by atoms with Crippen LogP contribution in [0.25, 0.3) is 0 Å². The van der Waals surface area contributed by atoms with Crippen LogP contribution in [0.1, 0.15) is 51.6 Å². The van der Waals surface area contributed by atoms with Crippen molar-refractivity contribution in [3.8, 4) is 0 Å². The lowest BCUT2D eigenvalue weighted by atomic mass is 9.72. The van der Waals surface area contributed by atoms with Gasteiger partial charge in [-0.2, -0.15) is 0 Å². The van der Waals surface area contributed by atoms with Crippen molar-refractivity contribution >= 4 is 11.8 Å². The summed E-state index contributed by atoms with van der Waals surface area (Å²) in [6, 6.07) is 5.87. The molecular formula is C22H33N3O3. The molecule has 1 atom stereocenters. The predicted octanol–water partition coefficient (Wildman–Crippen LogP) is 2.26. The average molecular weight is 388 g/mol. The fraction of sp³-hybridized carbons (Fsp3) is 0.682. The van der Waals surface area contributed by atoms with Crippen LogP contribution in [0, 0.1) is 11.3 Å². The Morgan fingerprint density at radius 2 is 2.00 bits per heavy atom. The molecule has 2 aliphatic heterocycles. The van der Waals surface area contributed by atoms with Crippen molar-refractivity contribution in [1.29, 1.82) is 0 Å². The Hall–Kier alpha value is -1.95. The van der Waals surface area contributed by atoms with Gasteiger partial charge in [0.15, 0.2) is 0 Å². The van der Waals surface area contributed by atoms with Crippen LogP contribution in [-0.4, -0.2) is 64.0 Å². The highest BCUT2D eigenvalue weighted by atomic mass is 16.3. The number of carbonyl (C=O) groups is 2. The molecule has 1 N–H and O–H groups in total. The van der Waals surface area contributed by atoms with E-state index in [0.717, 1.165) is 37.9 Å². The number of carbonyl (C=O) groups excluding carboxylic acids is 2. The van der Waals surface area contributed by atoms with E-state index < -0.39 is 6.10 Å². The monoisotopic (exact) mass is 387 g/mol. The van der Waals surface area contributed by atoms with E-state index in [2.05, 4.69) is 4.98 Å². The Bertz CT molecular complexity index is 669. The Morgan fingerprint density at radius 1 is 1.25 bits per heavy atom. The Kier molecular flexibility index (Phi) is 6.70. The van der Waals surface area contributed by atoms with Crippen molar-refractivity contribution in [3.05, 3.63) is 30.1 Å². The maximum atomic E-state index is 12.5. The number of aromatic nitrogens is 1. The smallest absolute Gasteiger partial charge is 0.251 e. The van der Waals surface area contributed by atoms with Crippen molar-refractivity contribution in [2.45, 2.75) is 58.5 Å². The molecule has 3 rings (SSSR count). The van der Waals surface area contributed by atoms with Crippen LogP contribution in [0.5, 0.6) is 0 Å². The van der Waals surface area contributed by atoms with Crippen LogP contribution in [-0.2, 0) is 16.0 Å². The van der Waals surface area contributed by atoms with Crippen LogP contribution in [0.2, 0.25) is 0 Å². The highest BCUT2D eigenvalue weighted by molar-refractivity contribution is 5.81. The Morgan fingerprint density at radius 3 is 2.64 bits per heavy atom. The van der Waals surface area contributed by atoms with Crippen molar-refractivity contribution in [2.24, 2.45) is 11.3 Å². The number of pyridine rings is 1. The molecule has 0 saturated carbocycles. The summed E-state index contributed by atoms with van der Waals surface area (Å²) in [4.78, 5) is 33.1. The van der Waals surface area contributed by atoms with E-state index in [1.165, 1.54) is 0 Å². The molecule has 0 unspecified atom stereocenters. The molecule has 2 aliphatic rings. The Balaban J connectivity index is 1.54. The van der Waals surface area contributed by atoms with Gasteiger partial charge < -0.3 is 14.9 Å². The number of rotatable bonds is 6. The summed E-state index contributed by atoms with van der Waals surface area (Å²) in [5.41, 5.74) is 1.12. The zero-order valence-electron chi connectivity index (χ0n) is 17.1. The van der Waals surface area contributed by atoms with Crippen LogP contribution >= 0.6 is 0 Å². The van der Waals surface area contributed by atoms with Gasteiger partial charge in [-0.25, -0.2) is 0 Å². The van der Waals surface area contributed by atoms with Crippen molar-refractivity contribution in [3.63, 3.8) is 0 Å². The molecule has 0 radical (unpaired) electrons. The molecule has 0 aliphatic carbocycles. The van der Waals surface area contributed by atoms with Gasteiger partial charge in [0.25, 0.3) is 5.91 Å². The number of aliphatic hydroxyl groups excluding tert-OH is 1. The van der Waals surface area contributed by atoms with E-state index in [1.54, 1.807) is 6.20 Å². The number of likely N-dealkylation sites (tertiary alicyclic amines) is 2. The second-order valence-electron chi connectivity index (χ2n) is 8.86. The molecule has 2 fully saturated rings. The van der Waals surface area contributed by atoms with E-state index >= 15 is 0 Å². The molecule has 2 saturated heterocycles. The van der Waals surface area contributed by atoms with Gasteiger partial charge in [0.1, 0.15) is 6.10 Å². The number of piperidine rings is 2. The number of hydrogen-bond acceptors (Lipinski definition) is 4. The molecule has 6 heteroatoms. The summed E-state index contributed by atoms with van der Waals surface area (Å²) in [5.74, 6) is 0.391. The summed E-state index contributed by atoms with van der Waals surface area (Å²) in [7, 11) is 0. The van der Waals surface area contributed by atoms with E-state index in [-0.39, 0.29) is 17.2 Å². The zero-order chi connectivity index (χ0) is 20.1. The lowest BCUT2D eigenvalue weighted by Gasteiger charge is -2.47. The summed E-state index contributed by atoms with van der Waals surface area (Å²) >= 11 is 0. The van der Waals surface area contributed by atoms with Crippen molar-refractivity contribution < 1.29 is 14.7 Å². The normalized spacial score (nSPS) is 20.6. The standard InChI is InChI=1S/C22H33N3O3/c1-17(2)15-19(26)21(28)24-13-9-22(10-14-24)8-6-20(27)25(16-22)12-7-18-5-3-4-11-23-18/h3-5,11,17,19,26H,6-10,12-16H2,1-2H3/t19-/m0/s1. The highest BCUT2D eigenvalue weighted by Crippen LogP contribution is 2.40. The molecule has 154 valence electrons. The van der Waals surface area contributed by atoms with E-state index in [9.17, 15) is 14.7 Å². The molecule has 3 heterocycles. The van der Waals surface area contributed by atoms with Crippen LogP contribution in [0.4, 0.5) is 0 Å². The predicted molar refractivity (Wildman–Crippen MR) is 107 cm³/mol. The quantitative estimate of drug-likeness (QED) is 0.813. The number of aliphatic hydroxyl groups is 1. The largest absolute Gasteiger partial charge is 0.383 e. The fourth-order valence-electron chi connectivity index (χ4n) is 4.47. The molecule has 1 spiro atoms. The minimum Gasteiger partial charge on any atom is -0.383 e. The van der Waals surface area contributed by atoms with Crippen molar-refractivity contribution in [1.82, 2.24) is 14.8 Å². The van der Waals surface area contributed by atoms with Gasteiger partial charge in [-0.05, 0) is 49.1 Å². The summed E-state index contributed by atoms with van der Waals surface area (Å²) in [6.07, 6.45) is 5.48. The molecule has 2 amide bonds. The van der Waals surface area contributed by atoms with Gasteiger partial charge >= 0.3 is 0 Å². The third kappa shape index (κ3) is 5.10. The van der Waals surface area contributed by atoms with E-state index in [4.69, 9.17) is 0 Å². The van der Waals surface area contributed by atoms with Crippen LogP contribution < -0.4 is 0 Å². The SMILES string of the molecule is CC(C)C[C@H](O)C(=O)N1CCC2(CCC(=O)N(CCc3ccccn3)C2)CC1. The molecule has 28 heavy (non-hydrogen) atoms. The van der Waals surface area contributed by atoms with E-state index in [0.29, 0.717) is 38.4 Å². The van der Waals surface area contributed by atoms with Gasteiger partial charge in [-0.15, -0.1) is 0 Å². The van der Waals surface area contributed by atoms with Gasteiger partial charge in [0.2, 0.25) is 5.91 Å². The number of hydrogen-bond donors (Lipinski definition) is 1. The lowest BCUT2D eigenvalue weighted by molar-refractivity contribution is -0.147. The second-order valence-corrected chi connectivity index (χ2v) is 8.86. The van der Waals surface area contributed by atoms with Crippen molar-refractivity contribution in [2.75, 3.05) is 26.2 Å². The second kappa shape index (κ2) is 9.03. The molecule has 0 bridgehead atoms. The summed E-state index contributed by atoms with van der Waals surface area (Å²) in [5, 5.41) is 10.1. The number of amides is 2. The molecular weight excluding hydrogens is 354 g/mol. The Labute approximate surface area is 167 Å². The summed E-state index contributed by atoms with van der Waals surface area (Å²) < 4.78 is 0. The molecule has 6 nitrogen and oxygen atoms in total. The number of nitrogens with zero attached hydrogens (tertiary/aromatic N) is 3. The summed E-state index contributed by atoms with van der Waals surface area (Å²) in [6.45, 7) is 6.86. The zero-order valence-corrected chi connectivity index (χ0v) is 17.1. The first kappa shape index (κ1) is 20.8. The van der Waals surface area contributed by atoms with Gasteiger partial charge in [-0.1, -0.05) is 19.9 Å². The minimum absolute atomic E-state index is 0.109. The van der Waals surface area contributed by atoms with Gasteiger partial charge in [-0.3, -0.25) is 14.6 Å².